The molecule has 1 amide bonds. The zero-order valence-electron chi connectivity index (χ0n) is 10.8. The largest absolute Gasteiger partial charge is 0.372 e. The molecule has 1 aromatic heterocycles. The number of aryl methyl sites for hydroxylation is 1. The number of ether oxygens (including phenoxy) is 1. The van der Waals surface area contributed by atoms with E-state index in [1.54, 1.807) is 17.2 Å². The molecule has 1 fully saturated rings. The Kier molecular flexibility index (Phi) is 3.88. The van der Waals surface area contributed by atoms with Gasteiger partial charge in [-0.3, -0.25) is 9.78 Å². The van der Waals surface area contributed by atoms with Crippen LogP contribution in [-0.4, -0.2) is 41.1 Å². The molecule has 0 aliphatic carbocycles. The SMILES string of the molecule is Cc1cc(Cl)c(C(=O)N2C[C@@H](C)O[C@@H](C)C2)cn1. The Morgan fingerprint density at radius 3 is 2.61 bits per heavy atom. The molecule has 0 saturated carbocycles. The number of rotatable bonds is 1. The molecule has 0 unspecified atom stereocenters. The average Bonchev–Trinajstić information content (AvgIpc) is 2.26. The highest BCUT2D eigenvalue weighted by Crippen LogP contribution is 2.20. The standard InChI is InChI=1S/C13H17ClN2O2/c1-8-4-12(14)11(5-15-8)13(17)16-6-9(2)18-10(3)7-16/h4-5,9-10H,6-7H2,1-3H3/t9-,10+. The van der Waals surface area contributed by atoms with Crippen LogP contribution < -0.4 is 0 Å². The summed E-state index contributed by atoms with van der Waals surface area (Å²) in [5, 5.41) is 0.458. The van der Waals surface area contributed by atoms with Crippen molar-refractivity contribution >= 4 is 17.5 Å². The molecule has 1 aromatic rings. The number of hydrogen-bond acceptors (Lipinski definition) is 3. The van der Waals surface area contributed by atoms with E-state index in [4.69, 9.17) is 16.3 Å². The molecule has 98 valence electrons. The lowest BCUT2D eigenvalue weighted by molar-refractivity contribution is -0.0586. The van der Waals surface area contributed by atoms with E-state index in [1.807, 2.05) is 20.8 Å². The average molecular weight is 269 g/mol. The smallest absolute Gasteiger partial charge is 0.257 e. The molecule has 2 heterocycles. The van der Waals surface area contributed by atoms with Gasteiger partial charge < -0.3 is 9.64 Å². The van der Waals surface area contributed by atoms with E-state index in [-0.39, 0.29) is 18.1 Å². The number of hydrogen-bond donors (Lipinski definition) is 0. The number of morpholine rings is 1. The van der Waals surface area contributed by atoms with Crippen molar-refractivity contribution in [2.24, 2.45) is 0 Å². The van der Waals surface area contributed by atoms with Gasteiger partial charge in [-0.15, -0.1) is 0 Å². The molecule has 1 aliphatic rings. The van der Waals surface area contributed by atoms with Crippen LogP contribution in [0.2, 0.25) is 5.02 Å². The lowest BCUT2D eigenvalue weighted by Crippen LogP contribution is -2.48. The van der Waals surface area contributed by atoms with E-state index in [1.165, 1.54) is 0 Å². The first-order chi connectivity index (χ1) is 8.47. The molecule has 1 aliphatic heterocycles. The normalized spacial score (nSPS) is 24.1. The summed E-state index contributed by atoms with van der Waals surface area (Å²) in [4.78, 5) is 18.3. The molecule has 0 aromatic carbocycles. The van der Waals surface area contributed by atoms with Gasteiger partial charge in [0.1, 0.15) is 0 Å². The first-order valence-corrected chi connectivity index (χ1v) is 6.42. The third-order valence-corrected chi connectivity index (χ3v) is 3.24. The highest BCUT2D eigenvalue weighted by Gasteiger charge is 2.27. The number of nitrogens with zero attached hydrogens (tertiary/aromatic N) is 2. The maximum atomic E-state index is 12.4. The van der Waals surface area contributed by atoms with Gasteiger partial charge in [-0.2, -0.15) is 0 Å². The monoisotopic (exact) mass is 268 g/mol. The van der Waals surface area contributed by atoms with Crippen molar-refractivity contribution in [3.05, 3.63) is 28.5 Å². The van der Waals surface area contributed by atoms with Crippen molar-refractivity contribution in [1.82, 2.24) is 9.88 Å². The lowest BCUT2D eigenvalue weighted by atomic mass is 10.1. The van der Waals surface area contributed by atoms with Crippen molar-refractivity contribution < 1.29 is 9.53 Å². The first-order valence-electron chi connectivity index (χ1n) is 6.04. The number of carbonyl (C=O) groups excluding carboxylic acids is 1. The second-order valence-electron chi connectivity index (χ2n) is 4.77. The third-order valence-electron chi connectivity index (χ3n) is 2.93. The van der Waals surface area contributed by atoms with E-state index in [0.29, 0.717) is 23.7 Å². The Morgan fingerprint density at radius 2 is 2.06 bits per heavy atom. The first kappa shape index (κ1) is 13.3. The van der Waals surface area contributed by atoms with Crippen molar-refractivity contribution in [2.75, 3.05) is 13.1 Å². The van der Waals surface area contributed by atoms with Gasteiger partial charge in [0.15, 0.2) is 0 Å². The third kappa shape index (κ3) is 2.82. The topological polar surface area (TPSA) is 42.4 Å². The van der Waals surface area contributed by atoms with Crippen LogP contribution in [0.5, 0.6) is 0 Å². The van der Waals surface area contributed by atoms with Crippen molar-refractivity contribution in [3.63, 3.8) is 0 Å². The quantitative estimate of drug-likeness (QED) is 0.785. The van der Waals surface area contributed by atoms with Crippen LogP contribution in [0.15, 0.2) is 12.3 Å². The van der Waals surface area contributed by atoms with E-state index in [9.17, 15) is 4.79 Å². The molecule has 4 nitrogen and oxygen atoms in total. The van der Waals surface area contributed by atoms with E-state index in [0.717, 1.165) is 5.69 Å². The van der Waals surface area contributed by atoms with Crippen molar-refractivity contribution in [2.45, 2.75) is 33.0 Å². The fraction of sp³-hybridized carbons (Fsp3) is 0.538. The Labute approximate surface area is 112 Å². The van der Waals surface area contributed by atoms with E-state index >= 15 is 0 Å². The second kappa shape index (κ2) is 5.24. The zero-order chi connectivity index (χ0) is 13.3. The molecule has 1 saturated heterocycles. The summed E-state index contributed by atoms with van der Waals surface area (Å²) in [7, 11) is 0. The van der Waals surface area contributed by atoms with Crippen LogP contribution in [0.1, 0.15) is 29.9 Å². The maximum Gasteiger partial charge on any atom is 0.257 e. The van der Waals surface area contributed by atoms with Gasteiger partial charge >= 0.3 is 0 Å². The van der Waals surface area contributed by atoms with Gasteiger partial charge in [0, 0.05) is 25.0 Å². The van der Waals surface area contributed by atoms with E-state index in [2.05, 4.69) is 4.98 Å². The van der Waals surface area contributed by atoms with Gasteiger partial charge in [0.2, 0.25) is 0 Å². The Hall–Kier alpha value is -1.13. The molecular formula is C13H17ClN2O2. The number of carbonyl (C=O) groups is 1. The van der Waals surface area contributed by atoms with Crippen LogP contribution in [0.25, 0.3) is 0 Å². The fourth-order valence-corrected chi connectivity index (χ4v) is 2.49. The predicted molar refractivity (Wildman–Crippen MR) is 69.9 cm³/mol. The van der Waals surface area contributed by atoms with Gasteiger partial charge in [0.25, 0.3) is 5.91 Å². The van der Waals surface area contributed by atoms with Crippen molar-refractivity contribution in [1.29, 1.82) is 0 Å². The minimum Gasteiger partial charge on any atom is -0.372 e. The predicted octanol–water partition coefficient (Wildman–Crippen LogP) is 2.29. The Morgan fingerprint density at radius 1 is 1.44 bits per heavy atom. The Balaban J connectivity index is 2.20. The summed E-state index contributed by atoms with van der Waals surface area (Å²) in [5.74, 6) is -0.0745. The number of amides is 1. The fourth-order valence-electron chi connectivity index (χ4n) is 2.20. The van der Waals surface area contributed by atoms with Gasteiger partial charge in [-0.05, 0) is 26.8 Å². The number of halogens is 1. The second-order valence-corrected chi connectivity index (χ2v) is 5.18. The molecule has 0 bridgehead atoms. The van der Waals surface area contributed by atoms with E-state index < -0.39 is 0 Å². The molecule has 0 spiro atoms. The minimum absolute atomic E-state index is 0.0508. The Bertz CT molecular complexity index is 454. The number of pyridine rings is 1. The lowest BCUT2D eigenvalue weighted by Gasteiger charge is -2.35. The summed E-state index contributed by atoms with van der Waals surface area (Å²) in [6.07, 6.45) is 1.65. The summed E-state index contributed by atoms with van der Waals surface area (Å²) >= 11 is 6.10. The highest BCUT2D eigenvalue weighted by atomic mass is 35.5. The summed E-state index contributed by atoms with van der Waals surface area (Å²) in [5.41, 5.74) is 1.27. The van der Waals surface area contributed by atoms with Gasteiger partial charge in [-0.1, -0.05) is 11.6 Å². The summed E-state index contributed by atoms with van der Waals surface area (Å²) in [6, 6.07) is 1.71. The van der Waals surface area contributed by atoms with Gasteiger partial charge in [0.05, 0.1) is 22.8 Å². The van der Waals surface area contributed by atoms with Crippen molar-refractivity contribution in [3.8, 4) is 0 Å². The summed E-state index contributed by atoms with van der Waals surface area (Å²) < 4.78 is 5.61. The van der Waals surface area contributed by atoms with Gasteiger partial charge in [-0.25, -0.2) is 0 Å². The van der Waals surface area contributed by atoms with Crippen LogP contribution in [0, 0.1) is 6.92 Å². The molecule has 0 radical (unpaired) electrons. The molecular weight excluding hydrogens is 252 g/mol. The summed E-state index contributed by atoms with van der Waals surface area (Å²) in [6.45, 7) is 6.95. The van der Waals surface area contributed by atoms with Crippen LogP contribution >= 0.6 is 11.6 Å². The zero-order valence-corrected chi connectivity index (χ0v) is 11.6. The molecule has 2 atom stereocenters. The molecule has 18 heavy (non-hydrogen) atoms. The minimum atomic E-state index is -0.0745. The maximum absolute atomic E-state index is 12.4. The highest BCUT2D eigenvalue weighted by molar-refractivity contribution is 6.33. The van der Waals surface area contributed by atoms with Crippen LogP contribution in [0.4, 0.5) is 0 Å². The molecule has 2 rings (SSSR count). The number of aromatic nitrogens is 1. The van der Waals surface area contributed by atoms with Crippen LogP contribution in [-0.2, 0) is 4.74 Å². The molecule has 5 heteroatoms. The molecule has 0 N–H and O–H groups in total. The van der Waals surface area contributed by atoms with Crippen LogP contribution in [0.3, 0.4) is 0 Å².